The molecule has 0 spiro atoms. The molecule has 2 aromatic rings. The molecule has 4 rings (SSSR count). The zero-order chi connectivity index (χ0) is 31.4. The summed E-state index contributed by atoms with van der Waals surface area (Å²) in [5.41, 5.74) is 1.74. The minimum Gasteiger partial charge on any atom is -0.370 e. The molecule has 12 nitrogen and oxygen atoms in total. The van der Waals surface area contributed by atoms with Crippen LogP contribution in [0.5, 0.6) is 0 Å². The normalized spacial score (nSPS) is 16.3. The van der Waals surface area contributed by atoms with Crippen molar-refractivity contribution in [3.63, 3.8) is 0 Å². The SMILES string of the molecule is CCCC(CC)NCCCNCCCn1cc(CNc2nc3c(c(NC4CCN(C(=O)C(F)(F)F)CC4)n2)CCCN3)nn1. The highest BCUT2D eigenvalue weighted by Gasteiger charge is 2.43. The van der Waals surface area contributed by atoms with Crippen molar-refractivity contribution < 1.29 is 18.0 Å². The predicted molar refractivity (Wildman–Crippen MR) is 165 cm³/mol. The Hall–Kier alpha value is -3.20. The summed E-state index contributed by atoms with van der Waals surface area (Å²) in [5, 5.41) is 25.6. The molecule has 2 aliphatic heterocycles. The maximum absolute atomic E-state index is 12.8. The van der Waals surface area contributed by atoms with Gasteiger partial charge in [0.1, 0.15) is 17.3 Å². The molecule has 0 radical (unpaired) electrons. The van der Waals surface area contributed by atoms with Crippen LogP contribution in [0.25, 0.3) is 0 Å². The smallest absolute Gasteiger partial charge is 0.370 e. The Kier molecular flexibility index (Phi) is 12.8. The first kappa shape index (κ1) is 33.7. The standard InChI is InChI=1S/C29H48F3N11O/c1-3-8-21(4-2)34-15-6-12-33-13-7-16-43-20-23(40-41-43)19-36-28-38-25-24(9-5-14-35-25)26(39-28)37-22-10-17-42(18-11-22)27(44)29(30,31)32/h20-22,33-34H,3-19H2,1-2H3,(H3,35,36,37,38,39). The van der Waals surface area contributed by atoms with Crippen LogP contribution in [0.3, 0.4) is 0 Å². The van der Waals surface area contributed by atoms with E-state index in [1.807, 2.05) is 10.9 Å². The Bertz CT molecular complexity index is 1170. The number of carbonyl (C=O) groups is 1. The highest BCUT2D eigenvalue weighted by Crippen LogP contribution is 2.30. The van der Waals surface area contributed by atoms with Crippen molar-refractivity contribution in [2.75, 3.05) is 55.2 Å². The second kappa shape index (κ2) is 16.8. The first-order valence-corrected chi connectivity index (χ1v) is 16.1. The summed E-state index contributed by atoms with van der Waals surface area (Å²) in [6.07, 6.45) is 5.32. The van der Waals surface area contributed by atoms with Crippen molar-refractivity contribution in [3.05, 3.63) is 17.5 Å². The van der Waals surface area contributed by atoms with Crippen molar-refractivity contribution >= 4 is 23.5 Å². The minimum atomic E-state index is -4.84. The van der Waals surface area contributed by atoms with Gasteiger partial charge >= 0.3 is 12.1 Å². The molecule has 2 aliphatic rings. The highest BCUT2D eigenvalue weighted by molar-refractivity contribution is 5.82. The Morgan fingerprint density at radius 2 is 1.93 bits per heavy atom. The summed E-state index contributed by atoms with van der Waals surface area (Å²) in [6.45, 7) is 9.49. The Morgan fingerprint density at radius 1 is 1.14 bits per heavy atom. The van der Waals surface area contributed by atoms with Crippen LogP contribution in [0.4, 0.5) is 30.8 Å². The summed E-state index contributed by atoms with van der Waals surface area (Å²) in [5.74, 6) is 0.0758. The van der Waals surface area contributed by atoms with Gasteiger partial charge in [-0.3, -0.25) is 9.48 Å². The van der Waals surface area contributed by atoms with Crippen molar-refractivity contribution in [1.82, 2.24) is 40.5 Å². The van der Waals surface area contributed by atoms with Gasteiger partial charge in [-0.2, -0.15) is 23.1 Å². The molecule has 1 atom stereocenters. The lowest BCUT2D eigenvalue weighted by Gasteiger charge is -2.33. The number of aryl methyl sites for hydroxylation is 1. The number of nitrogens with one attached hydrogen (secondary N) is 5. The van der Waals surface area contributed by atoms with E-state index in [1.165, 1.54) is 19.3 Å². The molecule has 0 bridgehead atoms. The molecule has 1 saturated heterocycles. The number of carbonyl (C=O) groups excluding carboxylic acids is 1. The van der Waals surface area contributed by atoms with Gasteiger partial charge in [-0.25, -0.2) is 0 Å². The zero-order valence-electron chi connectivity index (χ0n) is 26.0. The van der Waals surface area contributed by atoms with E-state index in [2.05, 4.69) is 55.7 Å². The first-order valence-electron chi connectivity index (χ1n) is 16.1. The molecule has 0 aromatic carbocycles. The number of alkyl halides is 3. The molecule has 1 fully saturated rings. The van der Waals surface area contributed by atoms with Crippen LogP contribution in [-0.4, -0.2) is 93.3 Å². The average molecular weight is 624 g/mol. The number of hydrogen-bond donors (Lipinski definition) is 5. The monoisotopic (exact) mass is 623 g/mol. The number of hydrogen-bond acceptors (Lipinski definition) is 10. The van der Waals surface area contributed by atoms with Crippen LogP contribution < -0.4 is 26.6 Å². The number of piperidine rings is 1. The fraction of sp³-hybridized carbons (Fsp3) is 0.759. The number of aromatic nitrogens is 5. The van der Waals surface area contributed by atoms with Crippen LogP contribution >= 0.6 is 0 Å². The van der Waals surface area contributed by atoms with Gasteiger partial charge in [-0.15, -0.1) is 5.10 Å². The molecule has 1 unspecified atom stereocenters. The van der Waals surface area contributed by atoms with Crippen LogP contribution in [0.1, 0.15) is 76.5 Å². The van der Waals surface area contributed by atoms with Gasteiger partial charge in [-0.05, 0) is 71.0 Å². The minimum absolute atomic E-state index is 0.0500. The summed E-state index contributed by atoms with van der Waals surface area (Å²) in [6, 6.07) is 0.538. The van der Waals surface area contributed by atoms with Gasteiger partial charge in [0.25, 0.3) is 0 Å². The summed E-state index contributed by atoms with van der Waals surface area (Å²) in [4.78, 5) is 21.8. The lowest BCUT2D eigenvalue weighted by atomic mass is 10.0. The van der Waals surface area contributed by atoms with Crippen molar-refractivity contribution in [2.45, 2.75) is 103 Å². The summed E-state index contributed by atoms with van der Waals surface area (Å²) >= 11 is 0. The van der Waals surface area contributed by atoms with Crippen LogP contribution in [0.15, 0.2) is 6.20 Å². The second-order valence-corrected chi connectivity index (χ2v) is 11.6. The molecule has 5 N–H and O–H groups in total. The number of halogens is 3. The number of nitrogens with zero attached hydrogens (tertiary/aromatic N) is 6. The van der Waals surface area contributed by atoms with E-state index >= 15 is 0 Å². The van der Waals surface area contributed by atoms with Gasteiger partial charge in [0, 0.05) is 43.8 Å². The fourth-order valence-corrected chi connectivity index (χ4v) is 5.64. The summed E-state index contributed by atoms with van der Waals surface area (Å²) < 4.78 is 40.3. The van der Waals surface area contributed by atoms with Gasteiger partial charge in [0.2, 0.25) is 5.95 Å². The predicted octanol–water partition coefficient (Wildman–Crippen LogP) is 3.54. The van der Waals surface area contributed by atoms with Crippen LogP contribution in [-0.2, 0) is 24.3 Å². The lowest BCUT2D eigenvalue weighted by Crippen LogP contribution is -2.47. The van der Waals surface area contributed by atoms with Crippen LogP contribution in [0.2, 0.25) is 0 Å². The van der Waals surface area contributed by atoms with Crippen molar-refractivity contribution in [1.29, 1.82) is 0 Å². The van der Waals surface area contributed by atoms with E-state index in [4.69, 9.17) is 4.98 Å². The van der Waals surface area contributed by atoms with Gasteiger partial charge in [-0.1, -0.05) is 25.5 Å². The highest BCUT2D eigenvalue weighted by atomic mass is 19.4. The molecule has 1 amide bonds. The zero-order valence-corrected chi connectivity index (χ0v) is 26.0. The maximum atomic E-state index is 12.8. The number of amides is 1. The maximum Gasteiger partial charge on any atom is 0.471 e. The number of rotatable bonds is 17. The van der Waals surface area contributed by atoms with Crippen LogP contribution in [0, 0.1) is 0 Å². The van der Waals surface area contributed by atoms with E-state index in [9.17, 15) is 18.0 Å². The Labute approximate surface area is 257 Å². The number of anilines is 3. The van der Waals surface area contributed by atoms with E-state index in [-0.39, 0.29) is 19.1 Å². The lowest BCUT2D eigenvalue weighted by molar-refractivity contribution is -0.186. The molecule has 44 heavy (non-hydrogen) atoms. The Morgan fingerprint density at radius 3 is 2.68 bits per heavy atom. The molecule has 2 aromatic heterocycles. The van der Waals surface area contributed by atoms with E-state index < -0.39 is 12.1 Å². The van der Waals surface area contributed by atoms with Gasteiger partial charge in [0.15, 0.2) is 0 Å². The summed E-state index contributed by atoms with van der Waals surface area (Å²) in [7, 11) is 0. The fourth-order valence-electron chi connectivity index (χ4n) is 5.64. The second-order valence-electron chi connectivity index (χ2n) is 11.6. The number of likely N-dealkylation sites (tertiary alicyclic amines) is 1. The van der Waals surface area contributed by atoms with Crippen molar-refractivity contribution in [3.8, 4) is 0 Å². The molecular formula is C29H48F3N11O. The van der Waals surface area contributed by atoms with Crippen molar-refractivity contribution in [2.24, 2.45) is 0 Å². The molecule has 15 heteroatoms. The van der Waals surface area contributed by atoms with E-state index in [0.29, 0.717) is 37.2 Å². The molecule has 4 heterocycles. The topological polar surface area (TPSA) is 137 Å². The third-order valence-corrected chi connectivity index (χ3v) is 8.12. The number of fused-ring (bicyclic) bond motifs is 1. The van der Waals surface area contributed by atoms with Gasteiger partial charge < -0.3 is 31.5 Å². The largest absolute Gasteiger partial charge is 0.471 e. The van der Waals surface area contributed by atoms with E-state index in [0.717, 1.165) is 80.4 Å². The average Bonchev–Trinajstić information content (AvgIpc) is 3.48. The molecular weight excluding hydrogens is 575 g/mol. The third kappa shape index (κ3) is 10.2. The van der Waals surface area contributed by atoms with Gasteiger partial charge in [0.05, 0.1) is 12.7 Å². The molecule has 0 saturated carbocycles. The first-order chi connectivity index (χ1) is 21.3. The van der Waals surface area contributed by atoms with E-state index in [1.54, 1.807) is 0 Å². The molecule has 246 valence electrons. The third-order valence-electron chi connectivity index (χ3n) is 8.12. The Balaban J connectivity index is 1.21. The quantitative estimate of drug-likeness (QED) is 0.167. The molecule has 0 aliphatic carbocycles.